The van der Waals surface area contributed by atoms with Gasteiger partial charge in [0.15, 0.2) is 11.5 Å². The zero-order valence-electron chi connectivity index (χ0n) is 34.8. The van der Waals surface area contributed by atoms with Gasteiger partial charge in [0, 0.05) is 33.7 Å². The van der Waals surface area contributed by atoms with E-state index in [1.165, 1.54) is 72.1 Å². The zero-order valence-corrected chi connectivity index (χ0v) is 34.8. The van der Waals surface area contributed by atoms with Crippen LogP contribution in [0, 0.1) is 0 Å². The zero-order chi connectivity index (χ0) is 41.0. The van der Waals surface area contributed by atoms with Crippen LogP contribution in [-0.2, 0) is 10.8 Å². The van der Waals surface area contributed by atoms with E-state index >= 15 is 0 Å². The highest BCUT2D eigenvalue weighted by atomic mass is 16.5. The predicted molar refractivity (Wildman–Crippen MR) is 254 cm³/mol. The molecule has 0 spiro atoms. The van der Waals surface area contributed by atoms with Crippen molar-refractivity contribution in [3.05, 3.63) is 216 Å². The number of fused-ring (bicyclic) bond motifs is 9. The summed E-state index contributed by atoms with van der Waals surface area (Å²) >= 11 is 0. The first-order valence-corrected chi connectivity index (χ1v) is 21.3. The molecule has 12 rings (SSSR count). The second kappa shape index (κ2) is 13.1. The number of hydrogen-bond donors (Lipinski definition) is 0. The summed E-state index contributed by atoms with van der Waals surface area (Å²) in [6.45, 7) is 9.46. The molecule has 0 bridgehead atoms. The van der Waals surface area contributed by atoms with Crippen molar-refractivity contribution in [1.29, 1.82) is 0 Å². The van der Waals surface area contributed by atoms with E-state index in [9.17, 15) is 0 Å². The molecule has 3 aliphatic rings. The van der Waals surface area contributed by atoms with Crippen molar-refractivity contribution in [2.75, 3.05) is 9.80 Å². The lowest BCUT2D eigenvalue weighted by Gasteiger charge is -2.46. The maximum Gasteiger partial charge on any atom is 0.153 e. The number of nitrogens with zero attached hydrogens (tertiary/aromatic N) is 2. The van der Waals surface area contributed by atoms with Crippen LogP contribution in [0.4, 0.5) is 34.1 Å². The molecule has 0 saturated carbocycles. The SMILES string of the molecule is CC1(C)c2ccccc2-c2ccc(N(c3ccc(-c4ccccc4)cc3)c3cc4c5c(c3)C(C)(C)c3ccc(-c6ccccc6)cc3N5c3c(ccc5ccccc35)O4)cc21. The van der Waals surface area contributed by atoms with Gasteiger partial charge in [-0.3, -0.25) is 0 Å². The van der Waals surface area contributed by atoms with Gasteiger partial charge < -0.3 is 14.5 Å². The summed E-state index contributed by atoms with van der Waals surface area (Å²) in [6.07, 6.45) is 0. The molecule has 0 unspecified atom stereocenters. The molecule has 3 heteroatoms. The molecule has 61 heavy (non-hydrogen) atoms. The van der Waals surface area contributed by atoms with Crippen LogP contribution in [0.5, 0.6) is 11.5 Å². The number of hydrogen-bond acceptors (Lipinski definition) is 3. The van der Waals surface area contributed by atoms with Gasteiger partial charge in [-0.05, 0) is 103 Å². The molecule has 0 radical (unpaired) electrons. The highest BCUT2D eigenvalue weighted by Gasteiger charge is 2.43. The van der Waals surface area contributed by atoms with E-state index in [0.29, 0.717) is 0 Å². The van der Waals surface area contributed by atoms with Gasteiger partial charge in [-0.1, -0.05) is 173 Å². The summed E-state index contributed by atoms with van der Waals surface area (Å²) in [5.74, 6) is 1.69. The van der Waals surface area contributed by atoms with Crippen LogP contribution >= 0.6 is 0 Å². The normalized spacial score (nSPS) is 14.6. The van der Waals surface area contributed by atoms with E-state index < -0.39 is 0 Å². The molecule has 0 N–H and O–H groups in total. The minimum absolute atomic E-state index is 0.146. The third-order valence-corrected chi connectivity index (χ3v) is 13.6. The molecular weight excluding hydrogens is 741 g/mol. The van der Waals surface area contributed by atoms with Crippen molar-refractivity contribution < 1.29 is 4.74 Å². The van der Waals surface area contributed by atoms with E-state index in [2.05, 4.69) is 232 Å². The molecule has 3 nitrogen and oxygen atoms in total. The van der Waals surface area contributed by atoms with Gasteiger partial charge in [-0.15, -0.1) is 0 Å². The first-order valence-electron chi connectivity index (χ1n) is 21.3. The smallest absolute Gasteiger partial charge is 0.153 e. The topological polar surface area (TPSA) is 15.7 Å². The van der Waals surface area contributed by atoms with Gasteiger partial charge in [0.05, 0.1) is 22.7 Å². The summed E-state index contributed by atoms with van der Waals surface area (Å²) in [6, 6.07) is 71.0. The summed E-state index contributed by atoms with van der Waals surface area (Å²) < 4.78 is 7.18. The Balaban J connectivity index is 1.09. The number of benzene rings is 9. The standard InChI is InChI=1S/C58H44N2O/c1-57(2)48-22-14-13-21-46(48)47-30-29-43(34-50(47)57)59(42-27-23-39(24-28-42)37-15-7-5-8-16-37)44-35-51-56-54(36-44)61-53-32-26-40-19-11-12-20-45(40)55(53)60(56)52-33-41(38-17-9-6-10-18-38)25-31-49(52)58(51,3)4/h5-36H,1-4H3. The Morgan fingerprint density at radius 1 is 0.393 bits per heavy atom. The third-order valence-electron chi connectivity index (χ3n) is 13.6. The average molecular weight is 785 g/mol. The summed E-state index contributed by atoms with van der Waals surface area (Å²) in [4.78, 5) is 4.93. The minimum Gasteiger partial charge on any atom is -0.453 e. The van der Waals surface area contributed by atoms with Crippen LogP contribution in [0.3, 0.4) is 0 Å². The Bertz CT molecular complexity index is 3220. The molecular formula is C58H44N2O. The first-order chi connectivity index (χ1) is 29.8. The van der Waals surface area contributed by atoms with Gasteiger partial charge in [0.2, 0.25) is 0 Å². The van der Waals surface area contributed by atoms with Crippen LogP contribution in [0.1, 0.15) is 49.9 Å². The molecule has 0 saturated heterocycles. The van der Waals surface area contributed by atoms with Crippen molar-refractivity contribution in [2.24, 2.45) is 0 Å². The first kappa shape index (κ1) is 35.6. The van der Waals surface area contributed by atoms with Gasteiger partial charge >= 0.3 is 0 Å². The monoisotopic (exact) mass is 784 g/mol. The highest BCUT2D eigenvalue weighted by Crippen LogP contribution is 2.63. The van der Waals surface area contributed by atoms with Gasteiger partial charge in [0.25, 0.3) is 0 Å². The van der Waals surface area contributed by atoms with E-state index in [1.807, 2.05) is 0 Å². The van der Waals surface area contributed by atoms with Crippen LogP contribution in [0.25, 0.3) is 44.2 Å². The minimum atomic E-state index is -0.364. The maximum absolute atomic E-state index is 7.18. The fraction of sp³-hybridized carbons (Fsp3) is 0.103. The summed E-state index contributed by atoms with van der Waals surface area (Å²) in [5, 5.41) is 2.35. The van der Waals surface area contributed by atoms with Crippen molar-refractivity contribution in [1.82, 2.24) is 0 Å². The lowest BCUT2D eigenvalue weighted by molar-refractivity contribution is 0.472. The van der Waals surface area contributed by atoms with Crippen molar-refractivity contribution in [2.45, 2.75) is 38.5 Å². The van der Waals surface area contributed by atoms with Crippen LogP contribution in [0.15, 0.2) is 194 Å². The Kier molecular flexibility index (Phi) is 7.62. The Hall–Kier alpha value is -7.36. The Morgan fingerprint density at radius 2 is 1.00 bits per heavy atom. The molecule has 2 heterocycles. The van der Waals surface area contributed by atoms with E-state index in [1.54, 1.807) is 0 Å². The molecule has 0 fully saturated rings. The maximum atomic E-state index is 7.18. The molecule has 2 aliphatic heterocycles. The fourth-order valence-electron chi connectivity index (χ4n) is 10.4. The Labute approximate surface area is 357 Å². The summed E-state index contributed by atoms with van der Waals surface area (Å²) in [5.41, 5.74) is 18.7. The third kappa shape index (κ3) is 5.30. The molecule has 0 aromatic heterocycles. The van der Waals surface area contributed by atoms with Crippen molar-refractivity contribution >= 4 is 44.9 Å². The van der Waals surface area contributed by atoms with E-state index in [0.717, 1.165) is 39.9 Å². The fourth-order valence-corrected chi connectivity index (χ4v) is 10.4. The van der Waals surface area contributed by atoms with Crippen molar-refractivity contribution in [3.63, 3.8) is 0 Å². The number of ether oxygens (including phenoxy) is 1. The van der Waals surface area contributed by atoms with Crippen LogP contribution in [-0.4, -0.2) is 0 Å². The molecule has 1 aliphatic carbocycles. The second-order valence-corrected chi connectivity index (χ2v) is 17.8. The van der Waals surface area contributed by atoms with Crippen LogP contribution in [0.2, 0.25) is 0 Å². The molecule has 9 aromatic rings. The number of rotatable bonds is 5. The van der Waals surface area contributed by atoms with E-state index in [-0.39, 0.29) is 10.8 Å². The second-order valence-electron chi connectivity index (χ2n) is 17.8. The lowest BCUT2D eigenvalue weighted by Crippen LogP contribution is -2.33. The molecule has 0 atom stereocenters. The quantitative estimate of drug-likeness (QED) is 0.173. The van der Waals surface area contributed by atoms with Crippen LogP contribution < -0.4 is 14.5 Å². The van der Waals surface area contributed by atoms with E-state index in [4.69, 9.17) is 4.74 Å². The Morgan fingerprint density at radius 3 is 1.79 bits per heavy atom. The average Bonchev–Trinajstić information content (AvgIpc) is 3.53. The lowest BCUT2D eigenvalue weighted by atomic mass is 9.72. The molecule has 0 amide bonds. The molecule has 292 valence electrons. The van der Waals surface area contributed by atoms with Crippen molar-refractivity contribution in [3.8, 4) is 44.9 Å². The largest absolute Gasteiger partial charge is 0.453 e. The van der Waals surface area contributed by atoms with Gasteiger partial charge in [0.1, 0.15) is 0 Å². The predicted octanol–water partition coefficient (Wildman–Crippen LogP) is 16.2. The van der Waals surface area contributed by atoms with Gasteiger partial charge in [-0.25, -0.2) is 0 Å². The summed E-state index contributed by atoms with van der Waals surface area (Å²) in [7, 11) is 0. The highest BCUT2D eigenvalue weighted by molar-refractivity contribution is 6.07. The molecule has 9 aromatic carbocycles. The number of anilines is 6. The van der Waals surface area contributed by atoms with Gasteiger partial charge in [-0.2, -0.15) is 0 Å².